The van der Waals surface area contributed by atoms with Crippen molar-refractivity contribution in [3.05, 3.63) is 46.1 Å². The van der Waals surface area contributed by atoms with Gasteiger partial charge in [-0.3, -0.25) is 4.98 Å². The smallest absolute Gasteiger partial charge is 0.144 e. The van der Waals surface area contributed by atoms with E-state index in [0.717, 1.165) is 27.5 Å². The molecule has 0 aliphatic rings. The second-order valence-corrected chi connectivity index (χ2v) is 5.38. The van der Waals surface area contributed by atoms with Crippen molar-refractivity contribution in [3.63, 3.8) is 0 Å². The molecule has 0 bridgehead atoms. The van der Waals surface area contributed by atoms with Crippen LogP contribution >= 0.6 is 15.9 Å². The van der Waals surface area contributed by atoms with E-state index in [1.807, 2.05) is 25.2 Å². The number of rotatable bonds is 4. The Hall–Kier alpha value is -1.49. The van der Waals surface area contributed by atoms with Crippen LogP contribution in [0.15, 0.2) is 28.9 Å². The van der Waals surface area contributed by atoms with Crippen LogP contribution in [-0.4, -0.2) is 22.0 Å². The maximum Gasteiger partial charge on any atom is 0.144 e. The highest BCUT2D eigenvalue weighted by Gasteiger charge is 2.14. The molecular formula is C14H17BrN4. The van der Waals surface area contributed by atoms with Crippen molar-refractivity contribution in [1.82, 2.24) is 15.0 Å². The van der Waals surface area contributed by atoms with E-state index in [4.69, 9.17) is 0 Å². The topological polar surface area (TPSA) is 50.7 Å². The van der Waals surface area contributed by atoms with Crippen LogP contribution in [0.3, 0.4) is 0 Å². The van der Waals surface area contributed by atoms with Gasteiger partial charge in [0.2, 0.25) is 0 Å². The molecule has 0 aliphatic carbocycles. The van der Waals surface area contributed by atoms with Crippen LogP contribution in [0.1, 0.15) is 37.0 Å². The summed E-state index contributed by atoms with van der Waals surface area (Å²) in [5.74, 6) is 1.95. The second-order valence-electron chi connectivity index (χ2n) is 4.59. The van der Waals surface area contributed by atoms with E-state index in [-0.39, 0.29) is 0 Å². The normalized spacial score (nSPS) is 10.8. The van der Waals surface area contributed by atoms with Gasteiger partial charge >= 0.3 is 0 Å². The van der Waals surface area contributed by atoms with Gasteiger partial charge in [-0.25, -0.2) is 9.97 Å². The summed E-state index contributed by atoms with van der Waals surface area (Å²) in [5.41, 5.74) is 1.99. The fraction of sp³-hybridized carbons (Fsp3) is 0.357. The van der Waals surface area contributed by atoms with Gasteiger partial charge in [0.05, 0.1) is 16.6 Å². The highest BCUT2D eigenvalue weighted by atomic mass is 79.9. The first kappa shape index (κ1) is 13.9. The van der Waals surface area contributed by atoms with Crippen LogP contribution < -0.4 is 5.32 Å². The minimum Gasteiger partial charge on any atom is -0.372 e. The molecule has 100 valence electrons. The fourth-order valence-corrected chi connectivity index (χ4v) is 2.64. The number of nitrogens with one attached hydrogen (secondary N) is 1. The van der Waals surface area contributed by atoms with Gasteiger partial charge < -0.3 is 5.32 Å². The number of hydrogen-bond acceptors (Lipinski definition) is 4. The zero-order valence-corrected chi connectivity index (χ0v) is 12.9. The molecule has 0 amide bonds. The van der Waals surface area contributed by atoms with E-state index in [0.29, 0.717) is 12.3 Å². The van der Waals surface area contributed by atoms with Crippen molar-refractivity contribution in [3.8, 4) is 0 Å². The predicted octanol–water partition coefficient (Wildman–Crippen LogP) is 3.39. The Morgan fingerprint density at radius 2 is 2.05 bits per heavy atom. The molecule has 1 N–H and O–H groups in total. The van der Waals surface area contributed by atoms with E-state index in [9.17, 15) is 0 Å². The van der Waals surface area contributed by atoms with E-state index in [1.54, 1.807) is 6.20 Å². The summed E-state index contributed by atoms with van der Waals surface area (Å²) < 4.78 is 0.940. The molecule has 19 heavy (non-hydrogen) atoms. The molecular weight excluding hydrogens is 304 g/mol. The van der Waals surface area contributed by atoms with Crippen molar-refractivity contribution in [1.29, 1.82) is 0 Å². The van der Waals surface area contributed by atoms with Crippen LogP contribution in [0.4, 0.5) is 5.82 Å². The van der Waals surface area contributed by atoms with Crippen LogP contribution in [0.25, 0.3) is 0 Å². The van der Waals surface area contributed by atoms with Gasteiger partial charge in [-0.05, 0) is 34.0 Å². The summed E-state index contributed by atoms with van der Waals surface area (Å²) in [5, 5.41) is 3.10. The van der Waals surface area contributed by atoms with Crippen molar-refractivity contribution in [2.75, 3.05) is 12.4 Å². The Labute approximate surface area is 121 Å². The molecule has 2 heterocycles. The maximum atomic E-state index is 4.64. The summed E-state index contributed by atoms with van der Waals surface area (Å²) in [4.78, 5) is 13.5. The number of hydrogen-bond donors (Lipinski definition) is 1. The Morgan fingerprint density at radius 3 is 2.63 bits per heavy atom. The first-order valence-corrected chi connectivity index (χ1v) is 7.05. The highest BCUT2D eigenvalue weighted by Crippen LogP contribution is 2.28. The Balaban J connectivity index is 2.38. The summed E-state index contributed by atoms with van der Waals surface area (Å²) in [6.45, 7) is 4.24. The lowest BCUT2D eigenvalue weighted by atomic mass is 10.1. The van der Waals surface area contributed by atoms with Gasteiger partial charge in [0.1, 0.15) is 11.6 Å². The Kier molecular flexibility index (Phi) is 4.47. The van der Waals surface area contributed by atoms with Crippen molar-refractivity contribution in [2.24, 2.45) is 0 Å². The SMILES string of the molecule is CNc1nc(Cc2ccccn2)nc(C(C)C)c1Br. The van der Waals surface area contributed by atoms with Gasteiger partial charge in [0.25, 0.3) is 0 Å². The lowest BCUT2D eigenvalue weighted by Gasteiger charge is -2.13. The second kappa shape index (κ2) is 6.10. The average molecular weight is 321 g/mol. The van der Waals surface area contributed by atoms with Gasteiger partial charge in [0, 0.05) is 18.9 Å². The summed E-state index contributed by atoms with van der Waals surface area (Å²) in [6, 6.07) is 5.87. The molecule has 0 atom stereocenters. The fourth-order valence-electron chi connectivity index (χ4n) is 1.80. The molecule has 5 heteroatoms. The molecule has 0 unspecified atom stereocenters. The minimum atomic E-state index is 0.340. The molecule has 2 aromatic heterocycles. The van der Waals surface area contributed by atoms with Crippen LogP contribution in [0.2, 0.25) is 0 Å². The molecule has 4 nitrogen and oxygen atoms in total. The van der Waals surface area contributed by atoms with Crippen molar-refractivity contribution in [2.45, 2.75) is 26.2 Å². The zero-order valence-electron chi connectivity index (χ0n) is 11.3. The lowest BCUT2D eigenvalue weighted by molar-refractivity contribution is 0.782. The summed E-state index contributed by atoms with van der Waals surface area (Å²) in [6.07, 6.45) is 2.43. The quantitative estimate of drug-likeness (QED) is 0.938. The van der Waals surface area contributed by atoms with Crippen LogP contribution in [-0.2, 0) is 6.42 Å². The van der Waals surface area contributed by atoms with Crippen molar-refractivity contribution < 1.29 is 0 Å². The first-order valence-electron chi connectivity index (χ1n) is 6.25. The van der Waals surface area contributed by atoms with Gasteiger partial charge in [-0.15, -0.1) is 0 Å². The van der Waals surface area contributed by atoms with Crippen molar-refractivity contribution >= 4 is 21.7 Å². The first-order chi connectivity index (χ1) is 9.11. The van der Waals surface area contributed by atoms with Gasteiger partial charge in [-0.1, -0.05) is 19.9 Å². The number of aromatic nitrogens is 3. The molecule has 0 radical (unpaired) electrons. The van der Waals surface area contributed by atoms with Gasteiger partial charge in [-0.2, -0.15) is 0 Å². The predicted molar refractivity (Wildman–Crippen MR) is 80.4 cm³/mol. The van der Waals surface area contributed by atoms with Gasteiger partial charge in [0.15, 0.2) is 0 Å². The molecule has 2 aromatic rings. The highest BCUT2D eigenvalue weighted by molar-refractivity contribution is 9.10. The van der Waals surface area contributed by atoms with E-state index < -0.39 is 0 Å². The number of anilines is 1. The Bertz CT molecular complexity index is 555. The Morgan fingerprint density at radius 1 is 1.26 bits per heavy atom. The minimum absolute atomic E-state index is 0.340. The molecule has 0 saturated heterocycles. The summed E-state index contributed by atoms with van der Waals surface area (Å²) >= 11 is 3.56. The number of halogens is 1. The number of nitrogens with zero attached hydrogens (tertiary/aromatic N) is 3. The maximum absolute atomic E-state index is 4.64. The van der Waals surface area contributed by atoms with E-state index >= 15 is 0 Å². The monoisotopic (exact) mass is 320 g/mol. The third-order valence-electron chi connectivity index (χ3n) is 2.77. The zero-order chi connectivity index (χ0) is 13.8. The van der Waals surface area contributed by atoms with E-state index in [1.165, 1.54) is 0 Å². The average Bonchev–Trinajstić information content (AvgIpc) is 2.41. The third kappa shape index (κ3) is 3.29. The van der Waals surface area contributed by atoms with Crippen LogP contribution in [0.5, 0.6) is 0 Å². The van der Waals surface area contributed by atoms with E-state index in [2.05, 4.69) is 50.0 Å². The lowest BCUT2D eigenvalue weighted by Crippen LogP contribution is -2.08. The third-order valence-corrected chi connectivity index (χ3v) is 3.55. The molecule has 0 aliphatic heterocycles. The molecule has 0 aromatic carbocycles. The molecule has 2 rings (SSSR count). The standard InChI is InChI=1S/C14H17BrN4/c1-9(2)13-12(15)14(16-3)19-11(18-13)8-10-6-4-5-7-17-10/h4-7,9H,8H2,1-3H3,(H,16,18,19). The summed E-state index contributed by atoms with van der Waals surface area (Å²) in [7, 11) is 1.86. The molecule has 0 saturated carbocycles. The molecule has 0 fully saturated rings. The molecule has 0 spiro atoms. The largest absolute Gasteiger partial charge is 0.372 e. The number of pyridine rings is 1. The van der Waals surface area contributed by atoms with Crippen LogP contribution in [0, 0.1) is 0 Å².